The quantitative estimate of drug-likeness (QED) is 0.880. The van der Waals surface area contributed by atoms with Crippen molar-refractivity contribution in [3.63, 3.8) is 0 Å². The van der Waals surface area contributed by atoms with Crippen molar-refractivity contribution >= 4 is 16.6 Å². The van der Waals surface area contributed by atoms with Gasteiger partial charge in [0.25, 0.3) is 0 Å². The number of rotatable bonds is 5. The molecule has 2 aromatic rings. The highest BCUT2D eigenvalue weighted by molar-refractivity contribution is 5.97. The molecule has 0 aliphatic carbocycles. The molecule has 0 unspecified atom stereocenters. The minimum Gasteiger partial charge on any atom is -0.497 e. The number of hydrogen-bond donors (Lipinski definition) is 1. The number of methoxy groups -OCH3 is 2. The first kappa shape index (κ1) is 12.5. The van der Waals surface area contributed by atoms with Gasteiger partial charge in [-0.2, -0.15) is 0 Å². The molecule has 1 N–H and O–H groups in total. The molecule has 0 fully saturated rings. The summed E-state index contributed by atoms with van der Waals surface area (Å²) in [6, 6.07) is 5.81. The minimum absolute atomic E-state index is 0.770. The van der Waals surface area contributed by atoms with E-state index in [4.69, 9.17) is 9.47 Å². The molecule has 4 nitrogen and oxygen atoms in total. The van der Waals surface area contributed by atoms with Crippen LogP contribution in [-0.2, 0) is 0 Å². The molecule has 0 radical (unpaired) electrons. The zero-order valence-corrected chi connectivity index (χ0v) is 11.0. The van der Waals surface area contributed by atoms with Gasteiger partial charge in [0.15, 0.2) is 0 Å². The van der Waals surface area contributed by atoms with Gasteiger partial charge in [-0.05, 0) is 18.6 Å². The van der Waals surface area contributed by atoms with E-state index in [1.807, 2.05) is 18.2 Å². The number of anilines is 1. The van der Waals surface area contributed by atoms with E-state index >= 15 is 0 Å². The summed E-state index contributed by atoms with van der Waals surface area (Å²) in [5, 5.41) is 5.37. The highest BCUT2D eigenvalue weighted by Gasteiger charge is 2.09. The van der Waals surface area contributed by atoms with Crippen molar-refractivity contribution in [3.05, 3.63) is 24.4 Å². The molecule has 0 atom stereocenters. The normalized spacial score (nSPS) is 10.4. The number of fused-ring (bicyclic) bond motifs is 1. The highest BCUT2D eigenvalue weighted by atomic mass is 16.5. The molecule has 4 heteroatoms. The molecule has 0 saturated carbocycles. The summed E-state index contributed by atoms with van der Waals surface area (Å²) in [7, 11) is 3.31. The number of benzene rings is 1. The van der Waals surface area contributed by atoms with Crippen LogP contribution in [0.25, 0.3) is 10.8 Å². The van der Waals surface area contributed by atoms with Crippen molar-refractivity contribution < 1.29 is 9.47 Å². The Balaban J connectivity index is 2.58. The molecule has 18 heavy (non-hydrogen) atoms. The second-order valence-corrected chi connectivity index (χ2v) is 4.01. The molecule has 1 aromatic heterocycles. The topological polar surface area (TPSA) is 43.4 Å². The summed E-state index contributed by atoms with van der Waals surface area (Å²) in [6.45, 7) is 3.02. The molecule has 0 saturated heterocycles. The van der Waals surface area contributed by atoms with E-state index in [-0.39, 0.29) is 0 Å². The van der Waals surface area contributed by atoms with Gasteiger partial charge in [-0.25, -0.2) is 4.98 Å². The van der Waals surface area contributed by atoms with Crippen LogP contribution in [0.4, 0.5) is 5.82 Å². The van der Waals surface area contributed by atoms with Gasteiger partial charge in [0.2, 0.25) is 0 Å². The lowest BCUT2D eigenvalue weighted by Gasteiger charge is -2.12. The molecule has 0 aliphatic heterocycles. The van der Waals surface area contributed by atoms with Crippen LogP contribution in [0.1, 0.15) is 13.3 Å². The van der Waals surface area contributed by atoms with E-state index in [1.54, 1.807) is 20.4 Å². The van der Waals surface area contributed by atoms with E-state index in [2.05, 4.69) is 17.2 Å². The third-order valence-corrected chi connectivity index (χ3v) is 2.81. The first-order valence-corrected chi connectivity index (χ1v) is 6.04. The van der Waals surface area contributed by atoms with Crippen LogP contribution in [-0.4, -0.2) is 25.7 Å². The second kappa shape index (κ2) is 5.58. The standard InChI is InChI=1S/C14H18N2O2/c1-4-6-15-14-12-8-10(17-2)9-13(18-3)11(12)5-7-16-14/h5,7-9H,4,6H2,1-3H3,(H,15,16). The summed E-state index contributed by atoms with van der Waals surface area (Å²) in [4.78, 5) is 4.37. The Morgan fingerprint density at radius 3 is 2.67 bits per heavy atom. The van der Waals surface area contributed by atoms with E-state index in [9.17, 15) is 0 Å². The van der Waals surface area contributed by atoms with Gasteiger partial charge in [-0.15, -0.1) is 0 Å². The number of nitrogens with zero attached hydrogens (tertiary/aromatic N) is 1. The van der Waals surface area contributed by atoms with Crippen molar-refractivity contribution in [3.8, 4) is 11.5 Å². The van der Waals surface area contributed by atoms with Gasteiger partial charge in [0.1, 0.15) is 17.3 Å². The minimum atomic E-state index is 0.770. The van der Waals surface area contributed by atoms with Crippen molar-refractivity contribution in [2.24, 2.45) is 0 Å². The first-order chi connectivity index (χ1) is 8.80. The second-order valence-electron chi connectivity index (χ2n) is 4.01. The lowest BCUT2D eigenvalue weighted by Crippen LogP contribution is -2.02. The van der Waals surface area contributed by atoms with Gasteiger partial charge in [-0.3, -0.25) is 0 Å². The fourth-order valence-corrected chi connectivity index (χ4v) is 1.90. The van der Waals surface area contributed by atoms with E-state index < -0.39 is 0 Å². The zero-order valence-electron chi connectivity index (χ0n) is 11.0. The lowest BCUT2D eigenvalue weighted by atomic mass is 10.1. The lowest BCUT2D eigenvalue weighted by molar-refractivity contribution is 0.398. The summed E-state index contributed by atoms with van der Waals surface area (Å²) in [6.07, 6.45) is 2.84. The molecule has 0 bridgehead atoms. The maximum Gasteiger partial charge on any atom is 0.134 e. The number of aromatic nitrogens is 1. The van der Waals surface area contributed by atoms with Crippen LogP contribution in [0.2, 0.25) is 0 Å². The average Bonchev–Trinajstić information content (AvgIpc) is 2.43. The molecule has 96 valence electrons. The third kappa shape index (κ3) is 2.32. The van der Waals surface area contributed by atoms with Crippen molar-refractivity contribution in [2.75, 3.05) is 26.1 Å². The maximum atomic E-state index is 5.39. The smallest absolute Gasteiger partial charge is 0.134 e. The third-order valence-electron chi connectivity index (χ3n) is 2.81. The van der Waals surface area contributed by atoms with E-state index in [0.29, 0.717) is 0 Å². The Hall–Kier alpha value is -1.97. The Labute approximate surface area is 107 Å². The molecule has 0 spiro atoms. The van der Waals surface area contributed by atoms with E-state index in [0.717, 1.165) is 41.1 Å². The van der Waals surface area contributed by atoms with Crippen molar-refractivity contribution in [1.82, 2.24) is 4.98 Å². The largest absolute Gasteiger partial charge is 0.497 e. The van der Waals surface area contributed by atoms with Gasteiger partial charge < -0.3 is 14.8 Å². The molecule has 2 rings (SSSR count). The number of pyridine rings is 1. The van der Waals surface area contributed by atoms with Crippen LogP contribution in [0, 0.1) is 0 Å². The van der Waals surface area contributed by atoms with E-state index in [1.165, 1.54) is 0 Å². The molecule has 0 aliphatic rings. The van der Waals surface area contributed by atoms with Gasteiger partial charge >= 0.3 is 0 Å². The predicted octanol–water partition coefficient (Wildman–Crippen LogP) is 3.07. The van der Waals surface area contributed by atoms with Crippen LogP contribution < -0.4 is 14.8 Å². The van der Waals surface area contributed by atoms with Gasteiger partial charge in [0.05, 0.1) is 14.2 Å². The van der Waals surface area contributed by atoms with Crippen LogP contribution >= 0.6 is 0 Å². The Kier molecular flexibility index (Phi) is 3.87. The summed E-state index contributed by atoms with van der Waals surface area (Å²) in [5.74, 6) is 2.43. The zero-order chi connectivity index (χ0) is 13.0. The summed E-state index contributed by atoms with van der Waals surface area (Å²) < 4.78 is 10.7. The fourth-order valence-electron chi connectivity index (χ4n) is 1.90. The van der Waals surface area contributed by atoms with Gasteiger partial charge in [-0.1, -0.05) is 6.92 Å². The number of nitrogens with one attached hydrogen (secondary N) is 1. The van der Waals surface area contributed by atoms with Crippen molar-refractivity contribution in [1.29, 1.82) is 0 Å². The summed E-state index contributed by atoms with van der Waals surface area (Å²) in [5.41, 5.74) is 0. The van der Waals surface area contributed by atoms with Crippen molar-refractivity contribution in [2.45, 2.75) is 13.3 Å². The SMILES string of the molecule is CCCNc1nccc2c(OC)cc(OC)cc12. The molecule has 0 amide bonds. The van der Waals surface area contributed by atoms with Crippen LogP contribution in [0.3, 0.4) is 0 Å². The average molecular weight is 246 g/mol. The molecular formula is C14H18N2O2. The Morgan fingerprint density at radius 2 is 2.00 bits per heavy atom. The number of ether oxygens (including phenoxy) is 2. The predicted molar refractivity (Wildman–Crippen MR) is 73.6 cm³/mol. The summed E-state index contributed by atoms with van der Waals surface area (Å²) >= 11 is 0. The molecule has 1 heterocycles. The highest BCUT2D eigenvalue weighted by Crippen LogP contribution is 2.33. The maximum absolute atomic E-state index is 5.39. The fraction of sp³-hybridized carbons (Fsp3) is 0.357. The van der Waals surface area contributed by atoms with Crippen LogP contribution in [0.5, 0.6) is 11.5 Å². The molecule has 1 aromatic carbocycles. The van der Waals surface area contributed by atoms with Crippen LogP contribution in [0.15, 0.2) is 24.4 Å². The Morgan fingerprint density at radius 1 is 1.17 bits per heavy atom. The molecular weight excluding hydrogens is 228 g/mol. The monoisotopic (exact) mass is 246 g/mol. The Bertz CT molecular complexity index is 541. The number of hydrogen-bond acceptors (Lipinski definition) is 4. The first-order valence-electron chi connectivity index (χ1n) is 6.04. The van der Waals surface area contributed by atoms with Gasteiger partial charge in [0, 0.05) is 29.6 Å².